The number of rotatable bonds is 7. The maximum absolute atomic E-state index is 10.8. The first kappa shape index (κ1) is 17.8. The molecule has 0 saturated heterocycles. The maximum atomic E-state index is 10.8. The fourth-order valence-corrected chi connectivity index (χ4v) is 2.58. The molecule has 21 heavy (non-hydrogen) atoms. The van der Waals surface area contributed by atoms with Crippen LogP contribution in [-0.2, 0) is 17.9 Å². The predicted octanol–water partition coefficient (Wildman–Crippen LogP) is 2.98. The fourth-order valence-electron chi connectivity index (χ4n) is 1.71. The van der Waals surface area contributed by atoms with Gasteiger partial charge in [-0.1, -0.05) is 17.7 Å². The van der Waals surface area contributed by atoms with Crippen molar-refractivity contribution < 1.29 is 9.53 Å². The summed E-state index contributed by atoms with van der Waals surface area (Å²) in [7, 11) is 0. The number of carbonyl (C=O) groups is 1. The molecule has 0 atom stereocenters. The molecule has 1 amide bonds. The van der Waals surface area contributed by atoms with Crippen LogP contribution >= 0.6 is 35.3 Å². The minimum Gasteiger partial charge on any atom is -0.483 e. The molecule has 4 nitrogen and oxygen atoms in total. The van der Waals surface area contributed by atoms with Gasteiger partial charge in [0.15, 0.2) is 6.61 Å². The highest BCUT2D eigenvalue weighted by atomic mass is 35.5. The van der Waals surface area contributed by atoms with Crippen LogP contribution in [-0.4, -0.2) is 12.5 Å². The minimum atomic E-state index is -0.502. The lowest BCUT2D eigenvalue weighted by Gasteiger charge is -2.11. The van der Waals surface area contributed by atoms with Crippen molar-refractivity contribution in [2.45, 2.75) is 13.1 Å². The third-order valence-corrected chi connectivity index (χ3v) is 3.70. The number of amides is 1. The van der Waals surface area contributed by atoms with Gasteiger partial charge in [-0.2, -0.15) is 0 Å². The van der Waals surface area contributed by atoms with Gasteiger partial charge in [0.1, 0.15) is 5.75 Å². The summed E-state index contributed by atoms with van der Waals surface area (Å²) >= 11 is 7.68. The Morgan fingerprint density at radius 3 is 2.81 bits per heavy atom. The number of thiophene rings is 1. The molecule has 0 aliphatic heterocycles. The van der Waals surface area contributed by atoms with E-state index in [1.54, 1.807) is 23.5 Å². The van der Waals surface area contributed by atoms with Gasteiger partial charge in [0.05, 0.1) is 0 Å². The van der Waals surface area contributed by atoms with Gasteiger partial charge in [-0.05, 0) is 29.6 Å². The summed E-state index contributed by atoms with van der Waals surface area (Å²) in [5, 5.41) is 5.98. The Labute approximate surface area is 138 Å². The van der Waals surface area contributed by atoms with Crippen molar-refractivity contribution in [3.8, 4) is 5.75 Å². The summed E-state index contributed by atoms with van der Waals surface area (Å²) in [6, 6.07) is 9.37. The normalized spacial score (nSPS) is 9.95. The summed E-state index contributed by atoms with van der Waals surface area (Å²) in [4.78, 5) is 12.0. The Kier molecular flexibility index (Phi) is 7.53. The zero-order chi connectivity index (χ0) is 14.4. The second-order valence-corrected chi connectivity index (χ2v) is 5.66. The number of nitrogens with one attached hydrogen (secondary N) is 1. The first-order valence-electron chi connectivity index (χ1n) is 6.08. The van der Waals surface area contributed by atoms with E-state index in [0.29, 0.717) is 17.3 Å². The summed E-state index contributed by atoms with van der Waals surface area (Å²) in [6.45, 7) is 1.24. The van der Waals surface area contributed by atoms with Crippen LogP contribution < -0.4 is 15.8 Å². The SMILES string of the molecule is Cl.NC(=O)COc1ccc(Cl)cc1CNCc1cccs1. The smallest absolute Gasteiger partial charge is 0.255 e. The summed E-state index contributed by atoms with van der Waals surface area (Å²) in [5.74, 6) is 0.115. The van der Waals surface area contributed by atoms with E-state index in [1.165, 1.54) is 4.88 Å². The Morgan fingerprint density at radius 2 is 2.14 bits per heavy atom. The van der Waals surface area contributed by atoms with Crippen LogP contribution in [0.2, 0.25) is 5.02 Å². The fraction of sp³-hybridized carbons (Fsp3) is 0.214. The predicted molar refractivity (Wildman–Crippen MR) is 88.3 cm³/mol. The second-order valence-electron chi connectivity index (χ2n) is 4.19. The molecule has 114 valence electrons. The molecule has 2 rings (SSSR count). The number of ether oxygens (including phenoxy) is 1. The average Bonchev–Trinajstić information content (AvgIpc) is 2.91. The van der Waals surface area contributed by atoms with Crippen molar-refractivity contribution in [2.75, 3.05) is 6.61 Å². The van der Waals surface area contributed by atoms with E-state index in [0.717, 1.165) is 12.1 Å². The quantitative estimate of drug-likeness (QED) is 0.809. The number of nitrogens with two attached hydrogens (primary N) is 1. The van der Waals surface area contributed by atoms with Crippen molar-refractivity contribution in [1.29, 1.82) is 0 Å². The number of benzene rings is 1. The molecule has 0 bridgehead atoms. The average molecular weight is 347 g/mol. The second kappa shape index (κ2) is 8.89. The van der Waals surface area contributed by atoms with Crippen LogP contribution in [0, 0.1) is 0 Å². The lowest BCUT2D eigenvalue weighted by molar-refractivity contribution is -0.119. The lowest BCUT2D eigenvalue weighted by Crippen LogP contribution is -2.21. The molecule has 7 heteroatoms. The third kappa shape index (κ3) is 5.93. The van der Waals surface area contributed by atoms with E-state index in [9.17, 15) is 4.79 Å². The molecule has 1 heterocycles. The molecule has 3 N–H and O–H groups in total. The summed E-state index contributed by atoms with van der Waals surface area (Å²) in [5.41, 5.74) is 5.98. The van der Waals surface area contributed by atoms with E-state index in [4.69, 9.17) is 22.1 Å². The van der Waals surface area contributed by atoms with E-state index in [2.05, 4.69) is 11.4 Å². The zero-order valence-corrected chi connectivity index (χ0v) is 13.6. The molecular formula is C14H16Cl2N2O2S. The summed E-state index contributed by atoms with van der Waals surface area (Å²) in [6.07, 6.45) is 0. The molecule has 0 aliphatic carbocycles. The maximum Gasteiger partial charge on any atom is 0.255 e. The van der Waals surface area contributed by atoms with Crippen molar-refractivity contribution in [3.05, 3.63) is 51.2 Å². The zero-order valence-electron chi connectivity index (χ0n) is 11.2. The van der Waals surface area contributed by atoms with Crippen molar-refractivity contribution >= 4 is 41.3 Å². The minimum absolute atomic E-state index is 0. The number of primary amides is 1. The van der Waals surface area contributed by atoms with E-state index >= 15 is 0 Å². The van der Waals surface area contributed by atoms with Crippen LogP contribution in [0.3, 0.4) is 0 Å². The van der Waals surface area contributed by atoms with E-state index in [1.807, 2.05) is 17.5 Å². The van der Waals surface area contributed by atoms with Gasteiger partial charge in [-0.3, -0.25) is 4.79 Å². The first-order chi connectivity index (χ1) is 9.65. The van der Waals surface area contributed by atoms with Crippen LogP contribution in [0.5, 0.6) is 5.75 Å². The van der Waals surface area contributed by atoms with Crippen LogP contribution in [0.4, 0.5) is 0 Å². The van der Waals surface area contributed by atoms with Gasteiger partial charge in [0.25, 0.3) is 5.91 Å². The first-order valence-corrected chi connectivity index (χ1v) is 7.33. The lowest BCUT2D eigenvalue weighted by atomic mass is 10.2. The van der Waals surface area contributed by atoms with E-state index < -0.39 is 5.91 Å². The van der Waals surface area contributed by atoms with Gasteiger partial charge in [0.2, 0.25) is 0 Å². The Hall–Kier alpha value is -1.27. The standard InChI is InChI=1S/C14H15ClN2O2S.ClH/c15-11-3-4-13(19-9-14(16)18)10(6-11)7-17-8-12-2-1-5-20-12;/h1-6,17H,7-9H2,(H2,16,18);1H. The molecule has 0 fully saturated rings. The van der Waals surface area contributed by atoms with Gasteiger partial charge in [-0.25, -0.2) is 0 Å². The highest BCUT2D eigenvalue weighted by Crippen LogP contribution is 2.23. The molecule has 2 aromatic rings. The topological polar surface area (TPSA) is 64.4 Å². The number of carbonyl (C=O) groups excluding carboxylic acids is 1. The third-order valence-electron chi connectivity index (χ3n) is 2.59. The molecule has 0 aliphatic rings. The summed E-state index contributed by atoms with van der Waals surface area (Å²) < 4.78 is 5.37. The Bertz CT molecular complexity index is 576. The van der Waals surface area contributed by atoms with Crippen molar-refractivity contribution in [2.24, 2.45) is 5.73 Å². The molecule has 1 aromatic heterocycles. The van der Waals surface area contributed by atoms with Crippen molar-refractivity contribution in [3.63, 3.8) is 0 Å². The molecule has 1 aromatic carbocycles. The highest BCUT2D eigenvalue weighted by molar-refractivity contribution is 7.09. The van der Waals surface area contributed by atoms with E-state index in [-0.39, 0.29) is 19.0 Å². The van der Waals surface area contributed by atoms with Gasteiger partial charge in [0, 0.05) is 28.6 Å². The molecule has 0 radical (unpaired) electrons. The largest absolute Gasteiger partial charge is 0.483 e. The number of hydrogen-bond donors (Lipinski definition) is 2. The highest BCUT2D eigenvalue weighted by Gasteiger charge is 2.06. The Balaban J connectivity index is 0.00000220. The Morgan fingerprint density at radius 1 is 1.33 bits per heavy atom. The molecule has 0 saturated carbocycles. The van der Waals surface area contributed by atoms with Crippen LogP contribution in [0.25, 0.3) is 0 Å². The number of hydrogen-bond acceptors (Lipinski definition) is 4. The van der Waals surface area contributed by atoms with Crippen LogP contribution in [0.15, 0.2) is 35.7 Å². The molecule has 0 unspecified atom stereocenters. The van der Waals surface area contributed by atoms with Crippen molar-refractivity contribution in [1.82, 2.24) is 5.32 Å². The van der Waals surface area contributed by atoms with Gasteiger partial charge < -0.3 is 15.8 Å². The van der Waals surface area contributed by atoms with Crippen LogP contribution in [0.1, 0.15) is 10.4 Å². The molecular weight excluding hydrogens is 331 g/mol. The van der Waals surface area contributed by atoms with Gasteiger partial charge in [-0.15, -0.1) is 23.7 Å². The molecule has 0 spiro atoms. The monoisotopic (exact) mass is 346 g/mol. The number of halogens is 2. The van der Waals surface area contributed by atoms with Gasteiger partial charge >= 0.3 is 0 Å².